The van der Waals surface area contributed by atoms with Crippen LogP contribution in [-0.2, 0) is 0 Å². The molecule has 8 nitrogen and oxygen atoms in total. The van der Waals surface area contributed by atoms with Gasteiger partial charge in [0.05, 0.1) is 52.6 Å². The minimum atomic E-state index is -1.49. The molecule has 2 aliphatic rings. The number of hydrazine groups is 2. The number of rotatable bonds is 9. The number of hydrogen-bond donors (Lipinski definition) is 4. The molecule has 1 fully saturated rings. The average molecular weight is 562 g/mol. The number of nitrogens with one attached hydrogen (secondary N) is 4. The lowest BCUT2D eigenvalue weighted by Crippen LogP contribution is -2.40. The van der Waals surface area contributed by atoms with Crippen LogP contribution < -0.4 is 21.6 Å². The molecule has 0 unspecified atom stereocenters. The van der Waals surface area contributed by atoms with Gasteiger partial charge in [0.2, 0.25) is 0 Å². The van der Waals surface area contributed by atoms with E-state index < -0.39 is 6.02 Å². The van der Waals surface area contributed by atoms with Crippen LogP contribution in [0.4, 0.5) is 11.4 Å². The largest absolute Gasteiger partial charge is 0.377 e. The minimum Gasteiger partial charge on any atom is -0.377 e. The minimum absolute atomic E-state index is 0.0452. The molecular formula is C32H29ClN8. The highest BCUT2D eigenvalue weighted by Crippen LogP contribution is 2.40. The molecule has 0 bridgehead atoms. The van der Waals surface area contributed by atoms with Gasteiger partial charge < -0.3 is 16.1 Å². The van der Waals surface area contributed by atoms with Crippen molar-refractivity contribution in [2.45, 2.75) is 44.3 Å². The number of fused-ring (bicyclic) bond motifs is 1. The number of benzene rings is 3. The highest BCUT2D eigenvalue weighted by molar-refractivity contribution is 6.35. The second kappa shape index (κ2) is 11.4. The van der Waals surface area contributed by atoms with Gasteiger partial charge in [-0.15, -0.1) is 5.53 Å². The zero-order valence-electron chi connectivity index (χ0n) is 23.4. The Morgan fingerprint density at radius 1 is 1.07 bits per heavy atom. The van der Waals surface area contributed by atoms with Crippen LogP contribution in [0.5, 0.6) is 0 Å². The lowest BCUT2D eigenvalue weighted by molar-refractivity contribution is 0.231. The van der Waals surface area contributed by atoms with Crippen LogP contribution in [0.2, 0.25) is 5.02 Å². The summed E-state index contributed by atoms with van der Waals surface area (Å²) in [6.45, 7) is 2.09. The van der Waals surface area contributed by atoms with E-state index in [4.69, 9.17) is 11.6 Å². The smallest absolute Gasteiger partial charge is 0.103 e. The molecule has 6 rings (SSSR count). The Labute approximate surface area is 245 Å². The second-order valence-corrected chi connectivity index (χ2v) is 10.5. The van der Waals surface area contributed by atoms with Gasteiger partial charge in [0.1, 0.15) is 6.07 Å². The number of nitrogens with zero attached hydrogens (tertiary/aromatic N) is 4. The van der Waals surface area contributed by atoms with Crippen molar-refractivity contribution in [1.29, 1.82) is 10.5 Å². The van der Waals surface area contributed by atoms with Crippen molar-refractivity contribution < 1.29 is 1.37 Å². The quantitative estimate of drug-likeness (QED) is 0.179. The number of aromatic nitrogens is 1. The van der Waals surface area contributed by atoms with Crippen LogP contribution >= 0.6 is 11.6 Å². The van der Waals surface area contributed by atoms with Gasteiger partial charge in [-0.05, 0) is 54.7 Å². The molecule has 1 saturated carbocycles. The van der Waals surface area contributed by atoms with Gasteiger partial charge in [-0.25, -0.2) is 0 Å². The normalized spacial score (nSPS) is 16.9. The summed E-state index contributed by atoms with van der Waals surface area (Å²) >= 11 is 6.82. The maximum absolute atomic E-state index is 10.0. The Kier molecular flexibility index (Phi) is 7.00. The summed E-state index contributed by atoms with van der Waals surface area (Å²) in [5, 5.41) is 29.7. The van der Waals surface area contributed by atoms with Gasteiger partial charge in [0.25, 0.3) is 0 Å². The molecule has 0 radical (unpaired) electrons. The molecule has 204 valence electrons. The van der Waals surface area contributed by atoms with E-state index in [1.807, 2.05) is 35.3 Å². The summed E-state index contributed by atoms with van der Waals surface area (Å²) in [6, 6.07) is 24.0. The molecule has 0 saturated heterocycles. The monoisotopic (exact) mass is 561 g/mol. The molecule has 0 amide bonds. The third-order valence-electron chi connectivity index (χ3n) is 7.35. The van der Waals surface area contributed by atoms with Crippen molar-refractivity contribution in [2.24, 2.45) is 0 Å². The summed E-state index contributed by atoms with van der Waals surface area (Å²) in [5.74, 6) is 0. The van der Waals surface area contributed by atoms with Gasteiger partial charge in [-0.1, -0.05) is 61.0 Å². The Balaban J connectivity index is 1.47. The molecular weight excluding hydrogens is 532 g/mol. The van der Waals surface area contributed by atoms with Gasteiger partial charge in [-0.2, -0.15) is 10.5 Å². The van der Waals surface area contributed by atoms with E-state index in [9.17, 15) is 11.9 Å². The average Bonchev–Trinajstić information content (AvgIpc) is 3.75. The van der Waals surface area contributed by atoms with Gasteiger partial charge in [0, 0.05) is 29.5 Å². The topological polar surface area (TPSA) is 112 Å². The van der Waals surface area contributed by atoms with Crippen molar-refractivity contribution >= 4 is 33.9 Å². The molecule has 9 heteroatoms. The van der Waals surface area contributed by atoms with E-state index in [1.54, 1.807) is 30.5 Å². The molecule has 4 aromatic rings. The maximum Gasteiger partial charge on any atom is 0.103 e. The predicted molar refractivity (Wildman–Crippen MR) is 161 cm³/mol. The summed E-state index contributed by atoms with van der Waals surface area (Å²) in [4.78, 5) is 4.51. The standard InChI is InChI=1S/C32H29ClN8/c1-2-28(21-8-4-3-5-9-21)39-30-23(17-35)18-36-32-26(30)14-24(15-27(32)33)38-31(22-10-6-7-20(13-22)16-34)29-19-37-40-41(29)25-11-12-25/h3-10,13-15,18-19,25,28,31,37-38,40H,2,11-12H2,1H3,(H,36,39)/t28-,31-/m1/s1/i31D. The molecule has 1 aliphatic heterocycles. The molecule has 3 aromatic carbocycles. The van der Waals surface area contributed by atoms with Crippen LogP contribution in [-0.4, -0.2) is 16.0 Å². The van der Waals surface area contributed by atoms with E-state index in [1.165, 1.54) is 6.20 Å². The number of anilines is 2. The van der Waals surface area contributed by atoms with E-state index in [-0.39, 0.29) is 12.1 Å². The van der Waals surface area contributed by atoms with Crippen molar-refractivity contribution in [1.82, 2.24) is 21.0 Å². The zero-order chi connectivity index (χ0) is 29.3. The molecule has 2 atom stereocenters. The highest BCUT2D eigenvalue weighted by atomic mass is 35.5. The molecule has 0 spiro atoms. The summed E-state index contributed by atoms with van der Waals surface area (Å²) < 4.78 is 9.85. The van der Waals surface area contributed by atoms with E-state index in [2.05, 4.69) is 57.8 Å². The highest BCUT2D eigenvalue weighted by Gasteiger charge is 2.36. The number of hydrogen-bond acceptors (Lipinski definition) is 8. The van der Waals surface area contributed by atoms with Crippen molar-refractivity contribution in [2.75, 3.05) is 10.6 Å². The second-order valence-electron chi connectivity index (χ2n) is 10.1. The Morgan fingerprint density at radius 3 is 2.61 bits per heavy atom. The molecule has 2 heterocycles. The summed E-state index contributed by atoms with van der Waals surface area (Å²) in [5.41, 5.74) is 11.2. The van der Waals surface area contributed by atoms with Gasteiger partial charge in [-0.3, -0.25) is 9.99 Å². The zero-order valence-corrected chi connectivity index (χ0v) is 23.2. The molecule has 4 N–H and O–H groups in total. The van der Waals surface area contributed by atoms with E-state index in [0.29, 0.717) is 49.7 Å². The van der Waals surface area contributed by atoms with Crippen LogP contribution in [0.15, 0.2) is 84.8 Å². The number of halogens is 1. The third-order valence-corrected chi connectivity index (χ3v) is 7.63. The lowest BCUT2D eigenvalue weighted by atomic mass is 10.00. The van der Waals surface area contributed by atoms with Crippen LogP contribution in [0.3, 0.4) is 0 Å². The third kappa shape index (κ3) is 5.36. The fraction of sp³-hybridized carbons (Fsp3) is 0.219. The van der Waals surface area contributed by atoms with Crippen LogP contribution in [0.25, 0.3) is 10.9 Å². The van der Waals surface area contributed by atoms with Crippen LogP contribution in [0.1, 0.15) is 61.9 Å². The van der Waals surface area contributed by atoms with Crippen molar-refractivity contribution in [3.05, 3.63) is 112 Å². The first-order valence-corrected chi connectivity index (χ1v) is 14.0. The first-order chi connectivity index (χ1) is 20.4. The van der Waals surface area contributed by atoms with Crippen molar-refractivity contribution in [3.8, 4) is 12.1 Å². The Morgan fingerprint density at radius 2 is 1.88 bits per heavy atom. The van der Waals surface area contributed by atoms with Crippen molar-refractivity contribution in [3.63, 3.8) is 0 Å². The molecule has 41 heavy (non-hydrogen) atoms. The van der Waals surface area contributed by atoms with Gasteiger partial charge in [0.15, 0.2) is 0 Å². The van der Waals surface area contributed by atoms with E-state index >= 15 is 0 Å². The predicted octanol–water partition coefficient (Wildman–Crippen LogP) is 6.68. The lowest BCUT2D eigenvalue weighted by Gasteiger charge is -2.29. The first-order valence-electron chi connectivity index (χ1n) is 14.1. The molecule has 1 aliphatic carbocycles. The summed E-state index contributed by atoms with van der Waals surface area (Å²) in [7, 11) is 0. The fourth-order valence-corrected chi connectivity index (χ4v) is 5.41. The maximum atomic E-state index is 10.0. The summed E-state index contributed by atoms with van der Waals surface area (Å²) in [6.07, 6.45) is 6.13. The Hall–Kier alpha value is -4.76. The Bertz CT molecular complexity index is 1760. The van der Waals surface area contributed by atoms with Crippen LogP contribution in [0, 0.1) is 22.7 Å². The molecule has 1 aromatic heterocycles. The fourth-order valence-electron chi connectivity index (χ4n) is 5.14. The number of pyridine rings is 1. The van der Waals surface area contributed by atoms with Gasteiger partial charge >= 0.3 is 0 Å². The first kappa shape index (κ1) is 25.2. The van der Waals surface area contributed by atoms with E-state index in [0.717, 1.165) is 24.8 Å². The SMILES string of the molecule is [2H][C@](Nc1cc(Cl)c2ncc(C#N)c(N[C@H](CC)c3ccccc3)c2c1)(C1=CNNN1C1CC1)c1cccc(C#N)c1. The number of nitriles is 2.